The van der Waals surface area contributed by atoms with Crippen LogP contribution in [0.25, 0.3) is 0 Å². The Morgan fingerprint density at radius 1 is 0.923 bits per heavy atom. The standard InChI is InChI=1S/C19H28N2O4S/c1-11-12(2)14(4)18(15(5)13(11)3)26(24,25)10-17(22)21-8-6-16(7-9-21)19(20)23/h16H,6-10H2,1-5H3,(H2,20,23). The fourth-order valence-corrected chi connectivity index (χ4v) is 5.56. The summed E-state index contributed by atoms with van der Waals surface area (Å²) in [4.78, 5) is 25.6. The summed E-state index contributed by atoms with van der Waals surface area (Å²) in [5, 5.41) is 0. The highest BCUT2D eigenvalue weighted by atomic mass is 32.2. The van der Waals surface area contributed by atoms with Gasteiger partial charge in [0.05, 0.1) is 4.90 Å². The zero-order valence-corrected chi connectivity index (χ0v) is 17.0. The van der Waals surface area contributed by atoms with Crippen LogP contribution in [0, 0.1) is 40.5 Å². The smallest absolute Gasteiger partial charge is 0.238 e. The Labute approximate surface area is 155 Å². The molecule has 0 aliphatic carbocycles. The lowest BCUT2D eigenvalue weighted by Gasteiger charge is -2.30. The number of piperidine rings is 1. The van der Waals surface area contributed by atoms with E-state index in [0.29, 0.717) is 37.1 Å². The first-order chi connectivity index (χ1) is 12.0. The van der Waals surface area contributed by atoms with Gasteiger partial charge in [0.15, 0.2) is 9.84 Å². The molecule has 26 heavy (non-hydrogen) atoms. The molecule has 1 saturated heterocycles. The fraction of sp³-hybridized carbons (Fsp3) is 0.579. The quantitative estimate of drug-likeness (QED) is 0.860. The highest BCUT2D eigenvalue weighted by Gasteiger charge is 2.31. The van der Waals surface area contributed by atoms with Crippen LogP contribution in [0.4, 0.5) is 0 Å². The fourth-order valence-electron chi connectivity index (χ4n) is 3.67. The number of sulfone groups is 1. The van der Waals surface area contributed by atoms with Crippen LogP contribution in [0.1, 0.15) is 40.7 Å². The van der Waals surface area contributed by atoms with Crippen LogP contribution in [0.2, 0.25) is 0 Å². The van der Waals surface area contributed by atoms with Crippen molar-refractivity contribution in [3.8, 4) is 0 Å². The summed E-state index contributed by atoms with van der Waals surface area (Å²) >= 11 is 0. The molecule has 2 N–H and O–H groups in total. The molecule has 1 fully saturated rings. The molecule has 2 amide bonds. The Morgan fingerprint density at radius 2 is 1.35 bits per heavy atom. The SMILES string of the molecule is Cc1c(C)c(C)c(S(=O)(=O)CC(=O)N2CCC(C(N)=O)CC2)c(C)c1C. The minimum absolute atomic E-state index is 0.234. The molecule has 1 aromatic carbocycles. The maximum atomic E-state index is 13.0. The molecular formula is C19H28N2O4S. The number of hydrogen-bond acceptors (Lipinski definition) is 4. The van der Waals surface area contributed by atoms with Gasteiger partial charge in [-0.3, -0.25) is 9.59 Å². The molecule has 1 heterocycles. The number of benzene rings is 1. The van der Waals surface area contributed by atoms with Gasteiger partial charge in [0.2, 0.25) is 11.8 Å². The molecule has 0 radical (unpaired) electrons. The predicted octanol–water partition coefficient (Wildman–Crippen LogP) is 1.73. The maximum absolute atomic E-state index is 13.0. The number of amides is 2. The van der Waals surface area contributed by atoms with Gasteiger partial charge in [0.1, 0.15) is 5.75 Å². The van der Waals surface area contributed by atoms with Gasteiger partial charge >= 0.3 is 0 Å². The van der Waals surface area contributed by atoms with E-state index in [1.165, 1.54) is 4.90 Å². The Bertz CT molecular complexity index is 822. The van der Waals surface area contributed by atoms with Gasteiger partial charge in [-0.15, -0.1) is 0 Å². The van der Waals surface area contributed by atoms with E-state index >= 15 is 0 Å². The van der Waals surface area contributed by atoms with E-state index in [4.69, 9.17) is 5.73 Å². The Hall–Kier alpha value is -1.89. The van der Waals surface area contributed by atoms with Crippen molar-refractivity contribution in [3.63, 3.8) is 0 Å². The lowest BCUT2D eigenvalue weighted by atomic mass is 9.95. The van der Waals surface area contributed by atoms with Crippen molar-refractivity contribution in [1.82, 2.24) is 4.90 Å². The molecule has 0 atom stereocenters. The molecule has 1 aliphatic rings. The monoisotopic (exact) mass is 380 g/mol. The number of likely N-dealkylation sites (tertiary alicyclic amines) is 1. The van der Waals surface area contributed by atoms with E-state index in [1.54, 1.807) is 13.8 Å². The predicted molar refractivity (Wildman–Crippen MR) is 101 cm³/mol. The van der Waals surface area contributed by atoms with Crippen molar-refractivity contribution in [2.75, 3.05) is 18.8 Å². The second-order valence-corrected chi connectivity index (χ2v) is 9.20. The van der Waals surface area contributed by atoms with E-state index in [0.717, 1.165) is 16.7 Å². The largest absolute Gasteiger partial charge is 0.369 e. The van der Waals surface area contributed by atoms with E-state index in [1.807, 2.05) is 20.8 Å². The number of nitrogens with zero attached hydrogens (tertiary/aromatic N) is 1. The summed E-state index contributed by atoms with van der Waals surface area (Å²) in [6.45, 7) is 10.1. The molecule has 0 aromatic heterocycles. The van der Waals surface area contributed by atoms with E-state index in [9.17, 15) is 18.0 Å². The molecule has 2 rings (SSSR count). The highest BCUT2D eigenvalue weighted by molar-refractivity contribution is 7.92. The normalized spacial score (nSPS) is 16.0. The summed E-state index contributed by atoms with van der Waals surface area (Å²) in [5.41, 5.74) is 9.70. The van der Waals surface area contributed by atoms with Crippen LogP contribution in [-0.4, -0.2) is 44.0 Å². The van der Waals surface area contributed by atoms with Crippen LogP contribution < -0.4 is 5.73 Å². The van der Waals surface area contributed by atoms with Crippen molar-refractivity contribution in [2.24, 2.45) is 11.7 Å². The van der Waals surface area contributed by atoms with Crippen LogP contribution in [-0.2, 0) is 19.4 Å². The van der Waals surface area contributed by atoms with Crippen LogP contribution in [0.15, 0.2) is 4.90 Å². The molecule has 0 saturated carbocycles. The molecular weight excluding hydrogens is 352 g/mol. The third-order valence-electron chi connectivity index (χ3n) is 5.81. The second-order valence-electron chi connectivity index (χ2n) is 7.27. The highest BCUT2D eigenvalue weighted by Crippen LogP contribution is 2.30. The third-order valence-corrected chi connectivity index (χ3v) is 7.67. The van der Waals surface area contributed by atoms with Gasteiger partial charge in [0, 0.05) is 19.0 Å². The number of hydrogen-bond donors (Lipinski definition) is 1. The molecule has 1 aromatic rings. The summed E-state index contributed by atoms with van der Waals surface area (Å²) < 4.78 is 26.0. The lowest BCUT2D eigenvalue weighted by Crippen LogP contribution is -2.44. The topological polar surface area (TPSA) is 97.5 Å². The van der Waals surface area contributed by atoms with Gasteiger partial charge in [0.25, 0.3) is 0 Å². The van der Waals surface area contributed by atoms with Crippen LogP contribution in [0.3, 0.4) is 0 Å². The molecule has 6 nitrogen and oxygen atoms in total. The molecule has 0 unspecified atom stereocenters. The molecule has 0 spiro atoms. The second kappa shape index (κ2) is 7.39. The van der Waals surface area contributed by atoms with E-state index in [-0.39, 0.29) is 16.7 Å². The molecule has 0 bridgehead atoms. The molecule has 144 valence electrons. The number of carbonyl (C=O) groups excluding carboxylic acids is 2. The average Bonchev–Trinajstić information content (AvgIpc) is 2.57. The van der Waals surface area contributed by atoms with Gasteiger partial charge < -0.3 is 10.6 Å². The van der Waals surface area contributed by atoms with Crippen LogP contribution in [0.5, 0.6) is 0 Å². The zero-order valence-electron chi connectivity index (χ0n) is 16.2. The van der Waals surface area contributed by atoms with Gasteiger partial charge in [-0.1, -0.05) is 0 Å². The van der Waals surface area contributed by atoms with Crippen molar-refractivity contribution >= 4 is 21.7 Å². The first-order valence-electron chi connectivity index (χ1n) is 8.84. The molecule has 7 heteroatoms. The maximum Gasteiger partial charge on any atom is 0.238 e. The summed E-state index contributed by atoms with van der Waals surface area (Å²) in [6.07, 6.45) is 0.976. The third kappa shape index (κ3) is 3.77. The Kier molecular flexibility index (Phi) is 5.80. The Morgan fingerprint density at radius 3 is 1.77 bits per heavy atom. The average molecular weight is 381 g/mol. The summed E-state index contributed by atoms with van der Waals surface area (Å²) in [7, 11) is -3.74. The number of nitrogens with two attached hydrogens (primary N) is 1. The minimum Gasteiger partial charge on any atom is -0.369 e. The molecule has 1 aliphatic heterocycles. The first-order valence-corrected chi connectivity index (χ1v) is 10.5. The van der Waals surface area contributed by atoms with Gasteiger partial charge in [-0.2, -0.15) is 0 Å². The van der Waals surface area contributed by atoms with Crippen molar-refractivity contribution in [1.29, 1.82) is 0 Å². The van der Waals surface area contributed by atoms with Crippen molar-refractivity contribution < 1.29 is 18.0 Å². The van der Waals surface area contributed by atoms with Gasteiger partial charge in [-0.25, -0.2) is 8.42 Å². The van der Waals surface area contributed by atoms with Crippen molar-refractivity contribution in [3.05, 3.63) is 27.8 Å². The summed E-state index contributed by atoms with van der Waals surface area (Å²) in [6, 6.07) is 0. The minimum atomic E-state index is -3.74. The van der Waals surface area contributed by atoms with Crippen LogP contribution >= 0.6 is 0 Å². The lowest BCUT2D eigenvalue weighted by molar-refractivity contribution is -0.132. The first kappa shape index (κ1) is 20.4. The van der Waals surface area contributed by atoms with Crippen molar-refractivity contribution in [2.45, 2.75) is 52.4 Å². The Balaban J connectivity index is 2.25. The van der Waals surface area contributed by atoms with E-state index in [2.05, 4.69) is 0 Å². The summed E-state index contributed by atoms with van der Waals surface area (Å²) in [5.74, 6) is -1.55. The van der Waals surface area contributed by atoms with Gasteiger partial charge in [-0.05, 0) is 75.3 Å². The number of rotatable bonds is 4. The number of carbonyl (C=O) groups is 2. The zero-order chi connectivity index (χ0) is 19.8. The number of primary amides is 1. The van der Waals surface area contributed by atoms with E-state index < -0.39 is 21.5 Å².